The van der Waals surface area contributed by atoms with Crippen molar-refractivity contribution in [2.45, 2.75) is 13.8 Å². The molecule has 3 nitrogen and oxygen atoms in total. The molecule has 1 radical (unpaired) electrons. The summed E-state index contributed by atoms with van der Waals surface area (Å²) < 4.78 is 14.2. The maximum absolute atomic E-state index is 9.83. The van der Waals surface area contributed by atoms with Crippen molar-refractivity contribution in [2.75, 3.05) is 6.61 Å². The lowest BCUT2D eigenvalue weighted by molar-refractivity contribution is 0.248. The van der Waals surface area contributed by atoms with Gasteiger partial charge in [0, 0.05) is 0 Å². The Morgan fingerprint density at radius 2 is 2.25 bits per heavy atom. The molecular formula is C4H10O3P. The highest BCUT2D eigenvalue weighted by Gasteiger charge is 1.96. The van der Waals surface area contributed by atoms with Crippen LogP contribution in [0.5, 0.6) is 0 Å². The summed E-state index contributed by atoms with van der Waals surface area (Å²) in [6.07, 6.45) is 0. The van der Waals surface area contributed by atoms with Crippen LogP contribution in [0.4, 0.5) is 0 Å². The first-order valence-electron chi connectivity index (χ1n) is 2.42. The Bertz CT molecular complexity index is 81.4. The second kappa shape index (κ2) is 3.96. The minimum atomic E-state index is -2.38. The predicted octanol–water partition coefficient (Wildman–Crippen LogP) is 1.31. The lowest BCUT2D eigenvalue weighted by Crippen LogP contribution is -1.95. The highest BCUT2D eigenvalue weighted by molar-refractivity contribution is 7.32. The van der Waals surface area contributed by atoms with Gasteiger partial charge < -0.3 is 0 Å². The molecular weight excluding hydrogens is 127 g/mol. The van der Waals surface area contributed by atoms with Gasteiger partial charge in [0.25, 0.3) is 0 Å². The molecule has 0 aliphatic carbocycles. The van der Waals surface area contributed by atoms with Gasteiger partial charge in [-0.3, -0.25) is 9.42 Å². The maximum Gasteiger partial charge on any atom is 0.366 e. The quantitative estimate of drug-likeness (QED) is 0.596. The van der Waals surface area contributed by atoms with Gasteiger partial charge in [0.1, 0.15) is 0 Å². The summed E-state index contributed by atoms with van der Waals surface area (Å²) in [5.74, 6) is 0.320. The first kappa shape index (κ1) is 8.02. The van der Waals surface area contributed by atoms with E-state index in [-0.39, 0.29) is 0 Å². The molecule has 0 rings (SSSR count). The lowest BCUT2D eigenvalue weighted by Gasteiger charge is -1.99. The van der Waals surface area contributed by atoms with E-state index < -0.39 is 8.25 Å². The average Bonchev–Trinajstić information content (AvgIpc) is 1.61. The van der Waals surface area contributed by atoms with Crippen LogP contribution in [0.1, 0.15) is 13.8 Å². The van der Waals surface area contributed by atoms with Gasteiger partial charge in [0.2, 0.25) is 0 Å². The summed E-state index contributed by atoms with van der Waals surface area (Å²) in [6, 6.07) is 0. The van der Waals surface area contributed by atoms with E-state index in [4.69, 9.17) is 4.89 Å². The Kier molecular flexibility index (Phi) is 3.97. The van der Waals surface area contributed by atoms with Crippen LogP contribution in [0.15, 0.2) is 0 Å². The van der Waals surface area contributed by atoms with Crippen molar-refractivity contribution in [3.8, 4) is 0 Å². The Morgan fingerprint density at radius 3 is 2.38 bits per heavy atom. The minimum absolute atomic E-state index is 0.320. The van der Waals surface area contributed by atoms with Gasteiger partial charge in [0.05, 0.1) is 6.61 Å². The smallest absolute Gasteiger partial charge is 0.298 e. The fraction of sp³-hybridized carbons (Fsp3) is 1.00. The van der Waals surface area contributed by atoms with Crippen molar-refractivity contribution < 1.29 is 14.0 Å². The zero-order valence-electron chi connectivity index (χ0n) is 5.00. The molecule has 0 aromatic rings. The Balaban J connectivity index is 3.05. The van der Waals surface area contributed by atoms with E-state index in [9.17, 15) is 4.57 Å². The Morgan fingerprint density at radius 1 is 1.75 bits per heavy atom. The fourth-order valence-electron chi connectivity index (χ4n) is 0.213. The molecule has 0 heterocycles. The van der Waals surface area contributed by atoms with Crippen LogP contribution in [0, 0.1) is 5.92 Å². The maximum atomic E-state index is 9.83. The molecule has 0 spiro atoms. The first-order chi connectivity index (χ1) is 3.63. The van der Waals surface area contributed by atoms with Crippen LogP contribution in [0.2, 0.25) is 0 Å². The molecule has 1 atom stereocenters. The highest BCUT2D eigenvalue weighted by Crippen LogP contribution is 2.15. The van der Waals surface area contributed by atoms with E-state index in [1.54, 1.807) is 0 Å². The molecule has 0 aliphatic rings. The van der Waals surface area contributed by atoms with Crippen molar-refractivity contribution in [3.05, 3.63) is 0 Å². The summed E-state index contributed by atoms with van der Waals surface area (Å²) in [5.41, 5.74) is 0. The summed E-state index contributed by atoms with van der Waals surface area (Å²) in [6.45, 7) is 4.18. The molecule has 4 heteroatoms. The number of hydrogen-bond acceptors (Lipinski definition) is 2. The molecule has 0 aromatic heterocycles. The number of rotatable bonds is 3. The van der Waals surface area contributed by atoms with E-state index in [2.05, 4.69) is 4.52 Å². The summed E-state index contributed by atoms with van der Waals surface area (Å²) in [5, 5.41) is 0. The van der Waals surface area contributed by atoms with Crippen LogP contribution in [-0.4, -0.2) is 11.5 Å². The molecule has 1 N–H and O–H groups in total. The molecule has 0 aliphatic heterocycles. The predicted molar refractivity (Wildman–Crippen MR) is 30.6 cm³/mol. The third-order valence-electron chi connectivity index (χ3n) is 0.518. The van der Waals surface area contributed by atoms with Crippen molar-refractivity contribution >= 4 is 8.25 Å². The Hall–Kier alpha value is 0.0200. The third kappa shape index (κ3) is 6.02. The second-order valence-corrected chi connectivity index (χ2v) is 2.66. The molecule has 0 bridgehead atoms. The van der Waals surface area contributed by atoms with E-state index in [1.807, 2.05) is 13.8 Å². The molecule has 0 aromatic carbocycles. The average molecular weight is 137 g/mol. The van der Waals surface area contributed by atoms with Crippen LogP contribution < -0.4 is 0 Å². The molecule has 0 saturated heterocycles. The zero-order chi connectivity index (χ0) is 6.57. The summed E-state index contributed by atoms with van der Waals surface area (Å²) in [7, 11) is -2.38. The molecule has 0 fully saturated rings. The van der Waals surface area contributed by atoms with Gasteiger partial charge in [0.15, 0.2) is 0 Å². The minimum Gasteiger partial charge on any atom is -0.298 e. The summed E-state index contributed by atoms with van der Waals surface area (Å²) in [4.78, 5) is 8.09. The van der Waals surface area contributed by atoms with E-state index in [0.29, 0.717) is 12.5 Å². The molecule has 0 amide bonds. The highest BCUT2D eigenvalue weighted by atomic mass is 31.1. The van der Waals surface area contributed by atoms with Gasteiger partial charge in [-0.05, 0) is 5.92 Å². The molecule has 49 valence electrons. The second-order valence-electron chi connectivity index (χ2n) is 1.93. The van der Waals surface area contributed by atoms with Crippen LogP contribution >= 0.6 is 8.25 Å². The van der Waals surface area contributed by atoms with Gasteiger partial charge in [-0.2, -0.15) is 0 Å². The number of hydrogen-bond donors (Lipinski definition) is 1. The standard InChI is InChI=1S/C4H10O3P/c1-4(2)3-7-8(5)6/h4H,3H2,1-2H3,(H,5,6). The van der Waals surface area contributed by atoms with Gasteiger partial charge in [-0.15, -0.1) is 0 Å². The van der Waals surface area contributed by atoms with Crippen molar-refractivity contribution in [3.63, 3.8) is 0 Å². The van der Waals surface area contributed by atoms with Crippen LogP contribution in [0.25, 0.3) is 0 Å². The topological polar surface area (TPSA) is 46.5 Å². The largest absolute Gasteiger partial charge is 0.366 e. The fourth-order valence-corrected chi connectivity index (χ4v) is 0.639. The van der Waals surface area contributed by atoms with Gasteiger partial charge in [-0.1, -0.05) is 13.8 Å². The Labute approximate surface area is 49.6 Å². The molecule has 8 heavy (non-hydrogen) atoms. The van der Waals surface area contributed by atoms with Crippen molar-refractivity contribution in [1.82, 2.24) is 0 Å². The molecule has 0 saturated carbocycles. The summed E-state index contributed by atoms with van der Waals surface area (Å²) >= 11 is 0. The third-order valence-corrected chi connectivity index (χ3v) is 0.888. The normalized spacial score (nSPS) is 12.2. The van der Waals surface area contributed by atoms with E-state index in [1.165, 1.54) is 0 Å². The van der Waals surface area contributed by atoms with Gasteiger partial charge >= 0.3 is 8.25 Å². The van der Waals surface area contributed by atoms with Crippen molar-refractivity contribution in [1.29, 1.82) is 0 Å². The zero-order valence-corrected chi connectivity index (χ0v) is 5.89. The van der Waals surface area contributed by atoms with Gasteiger partial charge in [-0.25, -0.2) is 4.57 Å². The monoisotopic (exact) mass is 137 g/mol. The van der Waals surface area contributed by atoms with E-state index in [0.717, 1.165) is 0 Å². The SMILES string of the molecule is CC(C)CO[P](=O)O. The van der Waals surface area contributed by atoms with Crippen molar-refractivity contribution in [2.24, 2.45) is 5.92 Å². The molecule has 1 unspecified atom stereocenters. The van der Waals surface area contributed by atoms with Crippen LogP contribution in [-0.2, 0) is 9.09 Å². The van der Waals surface area contributed by atoms with Crippen LogP contribution in [0.3, 0.4) is 0 Å². The first-order valence-corrected chi connectivity index (χ1v) is 3.55. The lowest BCUT2D eigenvalue weighted by atomic mass is 10.2. The van der Waals surface area contributed by atoms with E-state index >= 15 is 0 Å².